The molecule has 3 aromatic carbocycles. The average Bonchev–Trinajstić information content (AvgIpc) is 2.84. The first kappa shape index (κ1) is 25.5. The van der Waals surface area contributed by atoms with Crippen LogP contribution in [0.2, 0.25) is 0 Å². The summed E-state index contributed by atoms with van der Waals surface area (Å²) in [5, 5.41) is 21.3. The van der Waals surface area contributed by atoms with Gasteiger partial charge in [-0.05, 0) is 35.7 Å². The van der Waals surface area contributed by atoms with Crippen LogP contribution >= 0.6 is 15.9 Å². The number of hydrogen-bond donors (Lipinski definition) is 2. The minimum Gasteiger partial charge on any atom is -0.515 e. The molecule has 3 rings (SSSR count). The monoisotopic (exact) mass is 538 g/mol. The van der Waals surface area contributed by atoms with Gasteiger partial charge in [-0.2, -0.15) is 0 Å². The predicted octanol–water partition coefficient (Wildman–Crippen LogP) is 5.56. The largest absolute Gasteiger partial charge is 0.515 e. The van der Waals surface area contributed by atoms with Crippen LogP contribution in [0.5, 0.6) is 0 Å². The Labute approximate surface area is 201 Å². The van der Waals surface area contributed by atoms with Crippen molar-refractivity contribution in [2.24, 2.45) is 0 Å². The fraction of sp³-hybridized carbons (Fsp3) is 0.160. The standard InChI is InChI=1S/C25H19BrF4O4/c26-11-10-18-19(7-9-21(28)23(18)30)25(33,17-6-8-20(27)22(29)12-17)24(32)34-14-16(13-31)15-4-2-1-3-5-15/h1-9,12-13,31,33H,10-11,14H2. The summed E-state index contributed by atoms with van der Waals surface area (Å²) >= 11 is 3.11. The van der Waals surface area contributed by atoms with Gasteiger partial charge in [0.05, 0.1) is 6.26 Å². The highest BCUT2D eigenvalue weighted by Crippen LogP contribution is 2.36. The highest BCUT2D eigenvalue weighted by molar-refractivity contribution is 9.09. The number of carbonyl (C=O) groups excluding carboxylic acids is 1. The first-order valence-electron chi connectivity index (χ1n) is 10.0. The summed E-state index contributed by atoms with van der Waals surface area (Å²) in [6.45, 7) is -0.511. The molecule has 0 aliphatic heterocycles. The zero-order valence-corrected chi connectivity index (χ0v) is 19.2. The fourth-order valence-corrected chi connectivity index (χ4v) is 3.87. The zero-order valence-electron chi connectivity index (χ0n) is 17.6. The maximum Gasteiger partial charge on any atom is 0.348 e. The van der Waals surface area contributed by atoms with E-state index >= 15 is 0 Å². The van der Waals surface area contributed by atoms with Crippen LogP contribution in [0.1, 0.15) is 22.3 Å². The van der Waals surface area contributed by atoms with E-state index in [0.717, 1.165) is 12.1 Å². The molecule has 3 aromatic rings. The number of alkyl halides is 1. The molecule has 0 saturated heterocycles. The lowest BCUT2D eigenvalue weighted by Crippen LogP contribution is -2.40. The summed E-state index contributed by atoms with van der Waals surface area (Å²) in [6, 6.07) is 12.3. The van der Waals surface area contributed by atoms with E-state index in [-0.39, 0.29) is 22.9 Å². The van der Waals surface area contributed by atoms with E-state index in [9.17, 15) is 32.6 Å². The number of halogens is 5. The van der Waals surface area contributed by atoms with E-state index < -0.39 is 52.6 Å². The molecule has 34 heavy (non-hydrogen) atoms. The van der Waals surface area contributed by atoms with Crippen LogP contribution in [0.15, 0.2) is 66.9 Å². The summed E-state index contributed by atoms with van der Waals surface area (Å²) in [5.74, 6) is -6.48. The fourth-order valence-electron chi connectivity index (χ4n) is 3.47. The van der Waals surface area contributed by atoms with Crippen molar-refractivity contribution < 1.29 is 37.3 Å². The third kappa shape index (κ3) is 5.00. The number of ether oxygens (including phenoxy) is 1. The summed E-state index contributed by atoms with van der Waals surface area (Å²) in [6.07, 6.45) is 0.580. The lowest BCUT2D eigenvalue weighted by molar-refractivity contribution is -0.160. The normalized spacial score (nSPS) is 13.4. The molecule has 1 unspecified atom stereocenters. The second kappa shape index (κ2) is 10.8. The quantitative estimate of drug-likeness (QED) is 0.170. The number of benzene rings is 3. The third-order valence-corrected chi connectivity index (χ3v) is 5.62. The Bertz CT molecular complexity index is 1220. The second-order valence-corrected chi connectivity index (χ2v) is 8.06. The molecule has 0 spiro atoms. The van der Waals surface area contributed by atoms with Crippen LogP contribution in [0.25, 0.3) is 5.57 Å². The van der Waals surface area contributed by atoms with Gasteiger partial charge >= 0.3 is 5.97 Å². The van der Waals surface area contributed by atoms with Crippen molar-refractivity contribution in [2.45, 2.75) is 12.0 Å². The Morgan fingerprint density at radius 2 is 1.65 bits per heavy atom. The number of esters is 1. The van der Waals surface area contributed by atoms with Crippen LogP contribution in [0.3, 0.4) is 0 Å². The van der Waals surface area contributed by atoms with E-state index in [1.807, 2.05) is 0 Å². The molecule has 0 amide bonds. The molecule has 9 heteroatoms. The van der Waals surface area contributed by atoms with Crippen molar-refractivity contribution in [3.8, 4) is 0 Å². The maximum absolute atomic E-state index is 14.7. The number of aliphatic hydroxyl groups excluding tert-OH is 1. The van der Waals surface area contributed by atoms with Crippen LogP contribution in [-0.4, -0.2) is 28.1 Å². The van der Waals surface area contributed by atoms with E-state index in [1.165, 1.54) is 0 Å². The van der Waals surface area contributed by atoms with Gasteiger partial charge in [0, 0.05) is 22.0 Å². The molecular formula is C25H19BrF4O4. The summed E-state index contributed by atoms with van der Waals surface area (Å²) in [5.41, 5.74) is -3.32. The van der Waals surface area contributed by atoms with Crippen molar-refractivity contribution in [1.29, 1.82) is 0 Å². The lowest BCUT2D eigenvalue weighted by atomic mass is 9.82. The highest BCUT2D eigenvalue weighted by Gasteiger charge is 2.44. The van der Waals surface area contributed by atoms with Crippen LogP contribution < -0.4 is 0 Å². The lowest BCUT2D eigenvalue weighted by Gasteiger charge is -2.29. The smallest absolute Gasteiger partial charge is 0.348 e. The van der Waals surface area contributed by atoms with Crippen molar-refractivity contribution in [3.63, 3.8) is 0 Å². The topological polar surface area (TPSA) is 66.8 Å². The van der Waals surface area contributed by atoms with Crippen molar-refractivity contribution in [3.05, 3.63) is 112 Å². The molecule has 0 aliphatic rings. The summed E-state index contributed by atoms with van der Waals surface area (Å²) < 4.78 is 61.5. The Balaban J connectivity index is 2.10. The average molecular weight is 539 g/mol. The highest BCUT2D eigenvalue weighted by atomic mass is 79.9. The van der Waals surface area contributed by atoms with Gasteiger partial charge in [0.2, 0.25) is 5.60 Å². The van der Waals surface area contributed by atoms with E-state index in [1.54, 1.807) is 30.3 Å². The van der Waals surface area contributed by atoms with Crippen molar-refractivity contribution >= 4 is 27.5 Å². The Morgan fingerprint density at radius 1 is 0.971 bits per heavy atom. The Morgan fingerprint density at radius 3 is 2.26 bits per heavy atom. The molecule has 1 atom stereocenters. The summed E-state index contributed by atoms with van der Waals surface area (Å²) in [7, 11) is 0. The zero-order chi connectivity index (χ0) is 24.9. The molecule has 0 aromatic heterocycles. The molecule has 0 fully saturated rings. The second-order valence-electron chi connectivity index (χ2n) is 7.26. The molecule has 0 bridgehead atoms. The van der Waals surface area contributed by atoms with Crippen molar-refractivity contribution in [2.75, 3.05) is 11.9 Å². The van der Waals surface area contributed by atoms with Gasteiger partial charge in [-0.1, -0.05) is 58.4 Å². The van der Waals surface area contributed by atoms with Gasteiger partial charge in [-0.15, -0.1) is 0 Å². The Kier molecular flexibility index (Phi) is 8.11. The van der Waals surface area contributed by atoms with Crippen LogP contribution in [0.4, 0.5) is 17.6 Å². The van der Waals surface area contributed by atoms with E-state index in [4.69, 9.17) is 4.74 Å². The third-order valence-electron chi connectivity index (χ3n) is 5.22. The molecule has 0 aliphatic carbocycles. The number of hydrogen-bond acceptors (Lipinski definition) is 4. The Hall–Kier alpha value is -3.17. The molecule has 0 radical (unpaired) electrons. The minimum atomic E-state index is -2.82. The number of carbonyl (C=O) groups is 1. The molecular weight excluding hydrogens is 520 g/mol. The van der Waals surface area contributed by atoms with Gasteiger partial charge in [0.1, 0.15) is 6.61 Å². The van der Waals surface area contributed by atoms with Gasteiger partial charge in [-0.3, -0.25) is 0 Å². The molecule has 0 heterocycles. The molecule has 178 valence electrons. The number of aliphatic hydroxyl groups is 2. The molecule has 2 N–H and O–H groups in total. The van der Waals surface area contributed by atoms with E-state index in [2.05, 4.69) is 15.9 Å². The summed E-state index contributed by atoms with van der Waals surface area (Å²) in [4.78, 5) is 13.2. The van der Waals surface area contributed by atoms with E-state index in [0.29, 0.717) is 30.0 Å². The van der Waals surface area contributed by atoms with Crippen molar-refractivity contribution in [1.82, 2.24) is 0 Å². The molecule has 4 nitrogen and oxygen atoms in total. The predicted molar refractivity (Wildman–Crippen MR) is 121 cm³/mol. The maximum atomic E-state index is 14.7. The first-order chi connectivity index (χ1) is 16.2. The van der Waals surface area contributed by atoms with Crippen LogP contribution in [-0.2, 0) is 21.6 Å². The number of rotatable bonds is 8. The van der Waals surface area contributed by atoms with Crippen LogP contribution in [0, 0.1) is 23.3 Å². The van der Waals surface area contributed by atoms with Gasteiger partial charge in [0.15, 0.2) is 23.3 Å². The van der Waals surface area contributed by atoms with Gasteiger partial charge in [-0.25, -0.2) is 22.4 Å². The first-order valence-corrected chi connectivity index (χ1v) is 11.1. The SMILES string of the molecule is O=C(OCC(=CO)c1ccccc1)C(O)(c1ccc(F)c(F)c1)c1ccc(F)c(F)c1CCBr. The van der Waals surface area contributed by atoms with Gasteiger partial charge < -0.3 is 14.9 Å². The minimum absolute atomic E-state index is 0.135. The molecule has 0 saturated carbocycles. The van der Waals surface area contributed by atoms with Gasteiger partial charge in [0.25, 0.3) is 0 Å².